The van der Waals surface area contributed by atoms with Gasteiger partial charge in [-0.2, -0.15) is 0 Å². The number of pyridine rings is 1. The molecule has 1 aromatic heterocycles. The zero-order valence-electron chi connectivity index (χ0n) is 15.0. The Morgan fingerprint density at radius 2 is 2.04 bits per heavy atom. The van der Waals surface area contributed by atoms with E-state index in [1.165, 1.54) is 4.90 Å². The highest BCUT2D eigenvalue weighted by atomic mass is 16.5. The van der Waals surface area contributed by atoms with Gasteiger partial charge in [-0.25, -0.2) is 0 Å². The molecule has 0 saturated carbocycles. The second-order valence-corrected chi connectivity index (χ2v) is 6.69. The molecule has 6 nitrogen and oxygen atoms in total. The Labute approximate surface area is 157 Å². The largest absolute Gasteiger partial charge is 0.507 e. The van der Waals surface area contributed by atoms with Gasteiger partial charge < -0.3 is 14.7 Å². The second-order valence-electron chi connectivity index (χ2n) is 6.69. The highest BCUT2D eigenvalue weighted by Gasteiger charge is 2.45. The van der Waals surface area contributed by atoms with Crippen LogP contribution >= 0.6 is 0 Å². The first kappa shape index (κ1) is 17.3. The Balaban J connectivity index is 1.86. The monoisotopic (exact) mass is 364 g/mol. The van der Waals surface area contributed by atoms with Crippen LogP contribution < -0.4 is 4.74 Å². The number of ether oxygens (including phenoxy) is 1. The minimum absolute atomic E-state index is 0.124. The number of likely N-dealkylation sites (tertiary alicyclic amines) is 1. The third-order valence-electron chi connectivity index (χ3n) is 4.99. The summed E-state index contributed by atoms with van der Waals surface area (Å²) >= 11 is 0. The van der Waals surface area contributed by atoms with Crippen molar-refractivity contribution in [1.29, 1.82) is 0 Å². The number of rotatable bonds is 4. The summed E-state index contributed by atoms with van der Waals surface area (Å²) in [5, 5.41) is 11.0. The summed E-state index contributed by atoms with van der Waals surface area (Å²) in [5.41, 5.74) is 2.39. The van der Waals surface area contributed by atoms with Crippen molar-refractivity contribution in [1.82, 2.24) is 9.88 Å². The number of carbonyl (C=O) groups is 2. The number of Topliss-reactive ketones (excluding diaryl/α,β-unsaturated/α-hetero) is 1. The van der Waals surface area contributed by atoms with Gasteiger partial charge in [0.05, 0.1) is 18.2 Å². The Morgan fingerprint density at radius 3 is 2.78 bits per heavy atom. The molecule has 4 rings (SSSR count). The Kier molecular flexibility index (Phi) is 4.39. The number of aliphatic hydroxyl groups is 1. The van der Waals surface area contributed by atoms with Crippen molar-refractivity contribution in [2.45, 2.75) is 25.8 Å². The van der Waals surface area contributed by atoms with Crippen molar-refractivity contribution < 1.29 is 19.4 Å². The number of fused-ring (bicyclic) bond motifs is 1. The number of nitrogens with zero attached hydrogens (tertiary/aromatic N) is 2. The summed E-state index contributed by atoms with van der Waals surface area (Å²) in [6, 6.07) is 8.26. The van der Waals surface area contributed by atoms with Gasteiger partial charge in [0.25, 0.3) is 11.7 Å². The molecule has 1 unspecified atom stereocenters. The molecule has 0 radical (unpaired) electrons. The molecule has 0 bridgehead atoms. The van der Waals surface area contributed by atoms with Gasteiger partial charge in [-0.05, 0) is 47.9 Å². The van der Waals surface area contributed by atoms with Gasteiger partial charge in [-0.3, -0.25) is 14.6 Å². The maximum atomic E-state index is 12.8. The van der Waals surface area contributed by atoms with Gasteiger partial charge in [-0.15, -0.1) is 0 Å². The average Bonchev–Trinajstić information content (AvgIpc) is 3.26. The number of aliphatic hydroxyl groups excluding tert-OH is 1. The molecule has 2 aliphatic rings. The van der Waals surface area contributed by atoms with Gasteiger partial charge >= 0.3 is 0 Å². The minimum Gasteiger partial charge on any atom is -0.507 e. The summed E-state index contributed by atoms with van der Waals surface area (Å²) in [6.45, 7) is 2.99. The topological polar surface area (TPSA) is 79.7 Å². The predicted molar refractivity (Wildman–Crippen MR) is 99.2 cm³/mol. The smallest absolute Gasteiger partial charge is 0.295 e. The third kappa shape index (κ3) is 2.87. The van der Waals surface area contributed by atoms with Crippen LogP contribution in [0.5, 0.6) is 5.75 Å². The molecule has 3 heterocycles. The fraction of sp³-hybridized carbons (Fsp3) is 0.286. The summed E-state index contributed by atoms with van der Waals surface area (Å²) < 4.78 is 5.50. The first-order chi connectivity index (χ1) is 13.1. The summed E-state index contributed by atoms with van der Waals surface area (Å²) in [4.78, 5) is 30.9. The Morgan fingerprint density at radius 1 is 1.26 bits per heavy atom. The lowest BCUT2D eigenvalue weighted by Gasteiger charge is -2.24. The summed E-state index contributed by atoms with van der Waals surface area (Å²) in [5.74, 6) is -0.587. The van der Waals surface area contributed by atoms with Crippen LogP contribution in [-0.2, 0) is 16.0 Å². The number of aromatic nitrogens is 1. The van der Waals surface area contributed by atoms with Gasteiger partial charge in [0.1, 0.15) is 11.5 Å². The van der Waals surface area contributed by atoms with Crippen LogP contribution in [0, 0.1) is 0 Å². The first-order valence-electron chi connectivity index (χ1n) is 9.06. The highest BCUT2D eigenvalue weighted by Crippen LogP contribution is 2.40. The Hall–Kier alpha value is -3.15. The fourth-order valence-electron chi connectivity index (χ4n) is 3.73. The molecular weight excluding hydrogens is 344 g/mol. The zero-order valence-corrected chi connectivity index (χ0v) is 15.0. The van der Waals surface area contributed by atoms with Crippen molar-refractivity contribution in [2.75, 3.05) is 13.2 Å². The van der Waals surface area contributed by atoms with E-state index in [4.69, 9.17) is 4.74 Å². The molecule has 27 heavy (non-hydrogen) atoms. The first-order valence-corrected chi connectivity index (χ1v) is 9.06. The molecule has 1 N–H and O–H groups in total. The summed E-state index contributed by atoms with van der Waals surface area (Å²) in [7, 11) is 0. The lowest BCUT2D eigenvalue weighted by molar-refractivity contribution is -0.139. The summed E-state index contributed by atoms with van der Waals surface area (Å²) in [6.07, 6.45) is 4.71. The molecule has 1 atom stereocenters. The third-order valence-corrected chi connectivity index (χ3v) is 4.99. The van der Waals surface area contributed by atoms with Gasteiger partial charge in [-0.1, -0.05) is 6.92 Å². The van der Waals surface area contributed by atoms with Gasteiger partial charge in [0.2, 0.25) is 0 Å². The molecule has 1 aromatic carbocycles. The molecular formula is C21H20N2O4. The maximum Gasteiger partial charge on any atom is 0.295 e. The molecule has 2 aliphatic heterocycles. The Bertz CT molecular complexity index is 936. The maximum absolute atomic E-state index is 12.8. The molecule has 138 valence electrons. The molecule has 0 spiro atoms. The van der Waals surface area contributed by atoms with Crippen LogP contribution in [0.1, 0.15) is 36.1 Å². The van der Waals surface area contributed by atoms with Crippen molar-refractivity contribution in [3.05, 3.63) is 65.0 Å². The predicted octanol–water partition coefficient (Wildman–Crippen LogP) is 2.85. The van der Waals surface area contributed by atoms with E-state index in [0.717, 1.165) is 23.3 Å². The van der Waals surface area contributed by atoms with E-state index in [1.807, 2.05) is 13.0 Å². The van der Waals surface area contributed by atoms with Crippen LogP contribution in [0.25, 0.3) is 5.76 Å². The average molecular weight is 364 g/mol. The van der Waals surface area contributed by atoms with Crippen molar-refractivity contribution in [2.24, 2.45) is 0 Å². The SMILES string of the molecule is CCCN1C(=O)C(=O)/C(=C(\O)c2ccc3c(c2)CCO3)C1c1ccncc1. The lowest BCUT2D eigenvalue weighted by Crippen LogP contribution is -2.30. The van der Waals surface area contributed by atoms with E-state index >= 15 is 0 Å². The molecule has 2 aromatic rings. The van der Waals surface area contributed by atoms with Gasteiger partial charge in [0.15, 0.2) is 0 Å². The van der Waals surface area contributed by atoms with E-state index in [-0.39, 0.29) is 11.3 Å². The van der Waals surface area contributed by atoms with E-state index in [9.17, 15) is 14.7 Å². The number of carbonyl (C=O) groups excluding carboxylic acids is 2. The number of hydrogen-bond donors (Lipinski definition) is 1. The van der Waals surface area contributed by atoms with Crippen molar-refractivity contribution in [3.8, 4) is 5.75 Å². The van der Waals surface area contributed by atoms with E-state index in [2.05, 4.69) is 4.98 Å². The van der Waals surface area contributed by atoms with Crippen LogP contribution in [0.3, 0.4) is 0 Å². The van der Waals surface area contributed by atoms with Crippen LogP contribution in [-0.4, -0.2) is 39.8 Å². The molecule has 1 saturated heterocycles. The van der Waals surface area contributed by atoms with E-state index in [0.29, 0.717) is 25.1 Å². The highest BCUT2D eigenvalue weighted by molar-refractivity contribution is 6.46. The lowest BCUT2D eigenvalue weighted by atomic mass is 9.95. The fourth-order valence-corrected chi connectivity index (χ4v) is 3.73. The molecule has 6 heteroatoms. The van der Waals surface area contributed by atoms with Gasteiger partial charge in [0, 0.05) is 30.9 Å². The quantitative estimate of drug-likeness (QED) is 0.513. The van der Waals surface area contributed by atoms with Crippen molar-refractivity contribution in [3.63, 3.8) is 0 Å². The zero-order chi connectivity index (χ0) is 19.0. The second kappa shape index (κ2) is 6.87. The van der Waals surface area contributed by atoms with Crippen molar-refractivity contribution >= 4 is 17.4 Å². The van der Waals surface area contributed by atoms with E-state index in [1.54, 1.807) is 36.7 Å². The van der Waals surface area contributed by atoms with E-state index < -0.39 is 17.7 Å². The standard InChI is InChI=1S/C21H20N2O4/c1-2-10-23-18(13-5-8-22-9-6-13)17(20(25)21(23)26)19(24)15-3-4-16-14(12-15)7-11-27-16/h3-6,8-9,12,18,24H,2,7,10-11H2,1H3/b19-17-. The number of hydrogen-bond acceptors (Lipinski definition) is 5. The number of ketones is 1. The normalized spacial score (nSPS) is 20.6. The molecule has 0 aliphatic carbocycles. The van der Waals surface area contributed by atoms with Crippen LogP contribution in [0.15, 0.2) is 48.3 Å². The van der Waals surface area contributed by atoms with Crippen LogP contribution in [0.4, 0.5) is 0 Å². The van der Waals surface area contributed by atoms with Crippen LogP contribution in [0.2, 0.25) is 0 Å². The minimum atomic E-state index is -0.653. The number of amides is 1. The molecule has 1 amide bonds. The molecule has 1 fully saturated rings. The number of benzene rings is 1.